The van der Waals surface area contributed by atoms with Gasteiger partial charge in [-0.15, -0.1) is 0 Å². The molecule has 0 bridgehead atoms. The van der Waals surface area contributed by atoms with Gasteiger partial charge in [-0.3, -0.25) is 9.59 Å². The van der Waals surface area contributed by atoms with Crippen molar-refractivity contribution in [2.45, 2.75) is 69.2 Å². The van der Waals surface area contributed by atoms with E-state index < -0.39 is 0 Å². The quantitative estimate of drug-likeness (QED) is 0.823. The highest BCUT2D eigenvalue weighted by atomic mass is 16.3. The number of nitrogens with zero attached hydrogens (tertiary/aromatic N) is 1. The molecule has 30 heavy (non-hydrogen) atoms. The van der Waals surface area contributed by atoms with Crippen LogP contribution in [0.2, 0.25) is 0 Å². The third kappa shape index (κ3) is 3.34. The molecule has 0 unspecified atom stereocenters. The van der Waals surface area contributed by atoms with Crippen molar-refractivity contribution in [3.8, 4) is 0 Å². The van der Waals surface area contributed by atoms with E-state index in [4.69, 9.17) is 4.42 Å². The third-order valence-electron chi connectivity index (χ3n) is 7.61. The van der Waals surface area contributed by atoms with Gasteiger partial charge >= 0.3 is 0 Å². The molecule has 1 aromatic heterocycles. The van der Waals surface area contributed by atoms with Crippen LogP contribution in [-0.4, -0.2) is 35.8 Å². The number of furan rings is 1. The maximum atomic E-state index is 12.9. The molecule has 3 aliphatic rings. The number of benzene rings is 1. The SMILES string of the molecule is Cc1occc1C(=O)N1CCC2(CC1)C[C@H](CC(=O)NC1CCC1)c1ccccc12. The van der Waals surface area contributed by atoms with Crippen LogP contribution >= 0.6 is 0 Å². The largest absolute Gasteiger partial charge is 0.469 e. The summed E-state index contributed by atoms with van der Waals surface area (Å²) in [5.74, 6) is 1.22. The first-order valence-electron chi connectivity index (χ1n) is 11.3. The van der Waals surface area contributed by atoms with Gasteiger partial charge in [0.2, 0.25) is 5.91 Å². The Labute approximate surface area is 177 Å². The summed E-state index contributed by atoms with van der Waals surface area (Å²) in [7, 11) is 0. The smallest absolute Gasteiger partial charge is 0.257 e. The molecule has 1 saturated heterocycles. The zero-order valence-corrected chi connectivity index (χ0v) is 17.7. The molecule has 2 heterocycles. The Morgan fingerprint density at radius 1 is 1.17 bits per heavy atom. The molecule has 158 valence electrons. The van der Waals surface area contributed by atoms with E-state index in [2.05, 4.69) is 29.6 Å². The van der Waals surface area contributed by atoms with Gasteiger partial charge in [-0.25, -0.2) is 0 Å². The summed E-state index contributed by atoms with van der Waals surface area (Å²) in [5.41, 5.74) is 3.49. The molecule has 1 saturated carbocycles. The predicted molar refractivity (Wildman–Crippen MR) is 114 cm³/mol. The molecule has 2 fully saturated rings. The van der Waals surface area contributed by atoms with Crippen LogP contribution in [0.5, 0.6) is 0 Å². The lowest BCUT2D eigenvalue weighted by Gasteiger charge is -2.40. The molecular weight excluding hydrogens is 376 g/mol. The summed E-state index contributed by atoms with van der Waals surface area (Å²) in [6, 6.07) is 10.8. The fraction of sp³-hybridized carbons (Fsp3) is 0.520. The van der Waals surface area contributed by atoms with Crippen molar-refractivity contribution in [1.82, 2.24) is 10.2 Å². The van der Waals surface area contributed by atoms with Gasteiger partial charge in [0.1, 0.15) is 5.76 Å². The number of fused-ring (bicyclic) bond motifs is 2. The summed E-state index contributed by atoms with van der Waals surface area (Å²) in [6.07, 6.45) is 8.55. The molecule has 1 aromatic carbocycles. The number of likely N-dealkylation sites (tertiary alicyclic amines) is 1. The lowest BCUT2D eigenvalue weighted by Crippen LogP contribution is -2.44. The van der Waals surface area contributed by atoms with E-state index in [1.165, 1.54) is 17.5 Å². The molecule has 5 rings (SSSR count). The van der Waals surface area contributed by atoms with E-state index in [-0.39, 0.29) is 23.1 Å². The molecule has 2 aromatic rings. The Morgan fingerprint density at radius 3 is 2.60 bits per heavy atom. The van der Waals surface area contributed by atoms with Crippen molar-refractivity contribution in [1.29, 1.82) is 0 Å². The van der Waals surface area contributed by atoms with Gasteiger partial charge in [-0.2, -0.15) is 0 Å². The number of carbonyl (C=O) groups is 2. The second-order valence-electron chi connectivity index (χ2n) is 9.35. The number of piperidine rings is 1. The van der Waals surface area contributed by atoms with E-state index in [1.807, 2.05) is 11.8 Å². The van der Waals surface area contributed by atoms with Crippen molar-refractivity contribution < 1.29 is 14.0 Å². The van der Waals surface area contributed by atoms with Crippen molar-refractivity contribution in [3.63, 3.8) is 0 Å². The van der Waals surface area contributed by atoms with Crippen LogP contribution < -0.4 is 5.32 Å². The summed E-state index contributed by atoms with van der Waals surface area (Å²) >= 11 is 0. The maximum Gasteiger partial charge on any atom is 0.257 e. The fourth-order valence-electron chi connectivity index (χ4n) is 5.66. The summed E-state index contributed by atoms with van der Waals surface area (Å²) in [6.45, 7) is 3.34. The number of carbonyl (C=O) groups excluding carboxylic acids is 2. The highest BCUT2D eigenvalue weighted by Gasteiger charge is 2.46. The highest BCUT2D eigenvalue weighted by molar-refractivity contribution is 5.95. The molecule has 5 heteroatoms. The Balaban J connectivity index is 1.29. The van der Waals surface area contributed by atoms with E-state index in [9.17, 15) is 9.59 Å². The average Bonchev–Trinajstić information content (AvgIpc) is 3.27. The molecule has 0 radical (unpaired) electrons. The lowest BCUT2D eigenvalue weighted by atomic mass is 9.73. The van der Waals surface area contributed by atoms with Crippen LogP contribution in [0.4, 0.5) is 0 Å². The molecule has 2 aliphatic carbocycles. The standard InChI is InChI=1S/C25H30N2O3/c1-17-20(9-14-30-17)24(29)27-12-10-25(11-13-27)16-18(21-7-2-3-8-22(21)25)15-23(28)26-19-5-4-6-19/h2-3,7-9,14,18-19H,4-6,10-13,15-16H2,1H3,(H,26,28)/t18-/m0/s1. The highest BCUT2D eigenvalue weighted by Crippen LogP contribution is 2.52. The summed E-state index contributed by atoms with van der Waals surface area (Å²) in [4.78, 5) is 27.5. The first-order valence-corrected chi connectivity index (χ1v) is 11.3. The van der Waals surface area contributed by atoms with Gasteiger partial charge in [-0.1, -0.05) is 24.3 Å². The second kappa shape index (κ2) is 7.60. The normalized spacial score (nSPS) is 22.6. The van der Waals surface area contributed by atoms with Crippen LogP contribution in [0.25, 0.3) is 0 Å². The van der Waals surface area contributed by atoms with Gasteiger partial charge in [0.15, 0.2) is 0 Å². The zero-order chi connectivity index (χ0) is 20.7. The van der Waals surface area contributed by atoms with Gasteiger partial charge < -0.3 is 14.6 Å². The Kier molecular flexibility index (Phi) is 4.92. The molecule has 1 spiro atoms. The maximum absolute atomic E-state index is 12.9. The minimum atomic E-state index is 0.0683. The topological polar surface area (TPSA) is 62.6 Å². The van der Waals surface area contributed by atoms with E-state index in [0.29, 0.717) is 23.8 Å². The first kappa shape index (κ1) is 19.4. The zero-order valence-electron chi connectivity index (χ0n) is 17.7. The molecule has 1 aliphatic heterocycles. The Morgan fingerprint density at radius 2 is 1.93 bits per heavy atom. The molecule has 1 N–H and O–H groups in total. The summed E-state index contributed by atoms with van der Waals surface area (Å²) in [5, 5.41) is 3.21. The number of hydrogen-bond acceptors (Lipinski definition) is 3. The van der Waals surface area contributed by atoms with Gasteiger partial charge in [0.25, 0.3) is 5.91 Å². The van der Waals surface area contributed by atoms with Crippen molar-refractivity contribution in [2.75, 3.05) is 13.1 Å². The molecular formula is C25H30N2O3. The lowest BCUT2D eigenvalue weighted by molar-refractivity contribution is -0.122. The van der Waals surface area contributed by atoms with Gasteiger partial charge in [-0.05, 0) is 74.0 Å². The second-order valence-corrected chi connectivity index (χ2v) is 9.35. The minimum Gasteiger partial charge on any atom is -0.469 e. The van der Waals surface area contributed by atoms with Crippen LogP contribution in [0, 0.1) is 6.92 Å². The minimum absolute atomic E-state index is 0.0683. The van der Waals surface area contributed by atoms with Gasteiger partial charge in [0.05, 0.1) is 11.8 Å². The Hall–Kier alpha value is -2.56. The number of rotatable bonds is 4. The van der Waals surface area contributed by atoms with Crippen LogP contribution in [0.15, 0.2) is 41.0 Å². The van der Waals surface area contributed by atoms with Crippen molar-refractivity contribution in [3.05, 3.63) is 59.0 Å². The molecule has 2 amide bonds. The van der Waals surface area contributed by atoms with E-state index >= 15 is 0 Å². The molecule has 1 atom stereocenters. The number of amides is 2. The monoisotopic (exact) mass is 406 g/mol. The van der Waals surface area contributed by atoms with E-state index in [0.717, 1.165) is 45.2 Å². The number of aryl methyl sites for hydroxylation is 1. The third-order valence-corrected chi connectivity index (χ3v) is 7.61. The fourth-order valence-corrected chi connectivity index (χ4v) is 5.66. The van der Waals surface area contributed by atoms with Crippen LogP contribution in [0.1, 0.15) is 78.1 Å². The average molecular weight is 407 g/mol. The Bertz CT molecular complexity index is 951. The van der Waals surface area contributed by atoms with Gasteiger partial charge in [0, 0.05) is 25.6 Å². The van der Waals surface area contributed by atoms with Crippen LogP contribution in [0.3, 0.4) is 0 Å². The molecule has 5 nitrogen and oxygen atoms in total. The number of nitrogens with one attached hydrogen (secondary N) is 1. The van der Waals surface area contributed by atoms with Crippen molar-refractivity contribution in [2.24, 2.45) is 0 Å². The van der Waals surface area contributed by atoms with Crippen molar-refractivity contribution >= 4 is 11.8 Å². The van der Waals surface area contributed by atoms with Crippen LogP contribution in [-0.2, 0) is 10.2 Å². The first-order chi connectivity index (χ1) is 14.6. The summed E-state index contributed by atoms with van der Waals surface area (Å²) < 4.78 is 5.32. The van der Waals surface area contributed by atoms with E-state index in [1.54, 1.807) is 12.3 Å². The number of hydrogen-bond donors (Lipinski definition) is 1. The predicted octanol–water partition coefficient (Wildman–Crippen LogP) is 4.31.